The van der Waals surface area contributed by atoms with Crippen molar-refractivity contribution in [3.63, 3.8) is 0 Å². The van der Waals surface area contributed by atoms with E-state index in [0.29, 0.717) is 25.9 Å². The predicted octanol–water partition coefficient (Wildman–Crippen LogP) is 14.8. The minimum absolute atomic E-state index is 0.0149. The minimum atomic E-state index is -0.676. The number of ether oxygens (including phenoxy) is 1. The Bertz CT molecular complexity index is 791. The van der Waals surface area contributed by atoms with Gasteiger partial charge in [0.1, 0.15) is 0 Å². The number of aliphatic hydroxyl groups excluding tert-OH is 2. The van der Waals surface area contributed by atoms with Gasteiger partial charge < -0.3 is 20.3 Å². The zero-order chi connectivity index (χ0) is 40.8. The van der Waals surface area contributed by atoms with E-state index in [9.17, 15) is 19.8 Å². The lowest BCUT2D eigenvalue weighted by Gasteiger charge is -2.22. The number of amides is 1. The maximum absolute atomic E-state index is 12.4. The first-order chi connectivity index (χ1) is 27.5. The molecule has 0 spiro atoms. The third-order valence-electron chi connectivity index (χ3n) is 11.9. The number of carbonyl (C=O) groups excluding carboxylic acids is 2. The van der Waals surface area contributed by atoms with E-state index in [1.165, 1.54) is 193 Å². The van der Waals surface area contributed by atoms with Gasteiger partial charge in [-0.15, -0.1) is 0 Å². The van der Waals surface area contributed by atoms with Gasteiger partial charge in [-0.05, 0) is 25.7 Å². The van der Waals surface area contributed by atoms with Gasteiger partial charge >= 0.3 is 5.97 Å². The Kier molecular flexibility index (Phi) is 45.6. The fraction of sp³-hybridized carbons (Fsp3) is 0.960. The average Bonchev–Trinajstić information content (AvgIpc) is 3.20. The third-order valence-corrected chi connectivity index (χ3v) is 11.9. The summed E-state index contributed by atoms with van der Waals surface area (Å²) in [6, 6.07) is -0.555. The Hall–Kier alpha value is -1.14. The van der Waals surface area contributed by atoms with Crippen LogP contribution in [0.15, 0.2) is 0 Å². The summed E-state index contributed by atoms with van der Waals surface area (Å²) >= 11 is 0. The van der Waals surface area contributed by atoms with Crippen LogP contribution in [-0.4, -0.2) is 47.4 Å². The number of rotatable bonds is 47. The molecule has 0 aliphatic carbocycles. The summed E-state index contributed by atoms with van der Waals surface area (Å²) in [5.74, 6) is -0.0711. The smallest absolute Gasteiger partial charge is 0.305 e. The van der Waals surface area contributed by atoms with Gasteiger partial charge in [-0.3, -0.25) is 9.59 Å². The van der Waals surface area contributed by atoms with Crippen molar-refractivity contribution in [1.29, 1.82) is 0 Å². The molecule has 2 atom stereocenters. The summed E-state index contributed by atoms with van der Waals surface area (Å²) in [7, 11) is 0. The summed E-state index contributed by atoms with van der Waals surface area (Å²) in [6.07, 6.45) is 50.6. The highest BCUT2D eigenvalue weighted by Crippen LogP contribution is 2.17. The Morgan fingerprint density at radius 2 is 0.732 bits per heavy atom. The maximum Gasteiger partial charge on any atom is 0.305 e. The molecule has 334 valence electrons. The number of hydrogen-bond acceptors (Lipinski definition) is 5. The summed E-state index contributed by atoms with van der Waals surface area (Å²) in [4.78, 5) is 24.5. The number of aliphatic hydroxyl groups is 2. The molecular formula is C50H99NO5. The van der Waals surface area contributed by atoms with E-state index in [1.807, 2.05) is 0 Å². The van der Waals surface area contributed by atoms with Crippen molar-refractivity contribution in [2.45, 2.75) is 296 Å². The van der Waals surface area contributed by atoms with E-state index in [0.717, 1.165) is 57.8 Å². The molecule has 0 fully saturated rings. The van der Waals surface area contributed by atoms with Crippen LogP contribution in [0.1, 0.15) is 284 Å². The topological polar surface area (TPSA) is 95.9 Å². The summed E-state index contributed by atoms with van der Waals surface area (Å²) in [6.45, 7) is 4.91. The summed E-state index contributed by atoms with van der Waals surface area (Å²) < 4.78 is 5.46. The van der Waals surface area contributed by atoms with E-state index in [4.69, 9.17) is 4.74 Å². The molecule has 1 amide bonds. The molecule has 0 saturated heterocycles. The van der Waals surface area contributed by atoms with E-state index >= 15 is 0 Å². The van der Waals surface area contributed by atoms with Gasteiger partial charge in [0.25, 0.3) is 0 Å². The van der Waals surface area contributed by atoms with Crippen molar-refractivity contribution in [1.82, 2.24) is 5.32 Å². The van der Waals surface area contributed by atoms with Gasteiger partial charge in [0.2, 0.25) is 5.91 Å². The van der Waals surface area contributed by atoms with Crippen molar-refractivity contribution >= 4 is 11.9 Å². The van der Waals surface area contributed by atoms with E-state index in [2.05, 4.69) is 19.2 Å². The number of nitrogens with one attached hydrogen (secondary N) is 1. The highest BCUT2D eigenvalue weighted by atomic mass is 16.5. The van der Waals surface area contributed by atoms with Crippen LogP contribution < -0.4 is 5.32 Å². The molecule has 0 heterocycles. The Balaban J connectivity index is 3.45. The van der Waals surface area contributed by atoms with Crippen molar-refractivity contribution in [2.24, 2.45) is 0 Å². The number of esters is 1. The zero-order valence-electron chi connectivity index (χ0n) is 37.9. The van der Waals surface area contributed by atoms with Crippen molar-refractivity contribution in [3.8, 4) is 0 Å². The quantitative estimate of drug-likeness (QED) is 0.0421. The van der Waals surface area contributed by atoms with Crippen molar-refractivity contribution < 1.29 is 24.5 Å². The summed E-state index contributed by atoms with van der Waals surface area (Å²) in [5.41, 5.74) is 0. The molecule has 2 unspecified atom stereocenters. The van der Waals surface area contributed by atoms with Crippen LogP contribution in [0, 0.1) is 0 Å². The molecule has 0 bridgehead atoms. The Labute approximate surface area is 349 Å². The van der Waals surface area contributed by atoms with Crippen molar-refractivity contribution in [3.05, 3.63) is 0 Å². The van der Waals surface area contributed by atoms with Crippen LogP contribution in [0.25, 0.3) is 0 Å². The predicted molar refractivity (Wildman–Crippen MR) is 241 cm³/mol. The van der Waals surface area contributed by atoms with Gasteiger partial charge in [-0.1, -0.05) is 245 Å². The standard InChI is InChI=1S/C50H99NO5/c1-3-5-7-9-11-13-15-17-18-19-21-23-28-32-36-40-44-50(55)56-45-41-37-33-29-25-24-27-31-35-39-43-49(54)51-47(46-52)48(53)42-38-34-30-26-22-20-16-14-12-10-8-6-4-2/h47-48,52-53H,3-46H2,1-2H3,(H,51,54). The van der Waals surface area contributed by atoms with Crippen LogP contribution in [0.5, 0.6) is 0 Å². The number of hydrogen-bond donors (Lipinski definition) is 3. The van der Waals surface area contributed by atoms with Gasteiger partial charge in [-0.25, -0.2) is 0 Å². The monoisotopic (exact) mass is 794 g/mol. The molecule has 3 N–H and O–H groups in total. The van der Waals surface area contributed by atoms with Gasteiger partial charge in [0, 0.05) is 12.8 Å². The lowest BCUT2D eigenvalue weighted by Crippen LogP contribution is -2.45. The average molecular weight is 794 g/mol. The molecule has 0 aromatic heterocycles. The molecule has 0 aliphatic rings. The second-order valence-electron chi connectivity index (χ2n) is 17.5. The van der Waals surface area contributed by atoms with Gasteiger partial charge in [-0.2, -0.15) is 0 Å². The number of carbonyl (C=O) groups is 2. The SMILES string of the molecule is CCCCCCCCCCCCCCCCCCC(=O)OCCCCCCCCCCCCC(=O)NC(CO)C(O)CCCCCCCCCCCCCCC. The molecule has 0 saturated carbocycles. The molecule has 6 heteroatoms. The maximum atomic E-state index is 12.4. The zero-order valence-corrected chi connectivity index (χ0v) is 37.9. The number of unbranched alkanes of at least 4 members (excludes halogenated alkanes) is 36. The minimum Gasteiger partial charge on any atom is -0.466 e. The first-order valence-electron chi connectivity index (χ1n) is 25.3. The summed E-state index contributed by atoms with van der Waals surface area (Å²) in [5, 5.41) is 23.2. The largest absolute Gasteiger partial charge is 0.466 e. The fourth-order valence-corrected chi connectivity index (χ4v) is 7.99. The first-order valence-corrected chi connectivity index (χ1v) is 25.3. The van der Waals surface area contributed by atoms with Gasteiger partial charge in [0.15, 0.2) is 0 Å². The van der Waals surface area contributed by atoms with Crippen molar-refractivity contribution in [2.75, 3.05) is 13.2 Å². The van der Waals surface area contributed by atoms with Crippen LogP contribution in [-0.2, 0) is 14.3 Å². The Morgan fingerprint density at radius 3 is 1.09 bits per heavy atom. The Morgan fingerprint density at radius 1 is 0.429 bits per heavy atom. The second-order valence-corrected chi connectivity index (χ2v) is 17.5. The van der Waals surface area contributed by atoms with Crippen LogP contribution in [0.4, 0.5) is 0 Å². The molecule has 0 radical (unpaired) electrons. The normalized spacial score (nSPS) is 12.6. The third kappa shape index (κ3) is 42.5. The molecule has 0 rings (SSSR count). The highest BCUT2D eigenvalue weighted by molar-refractivity contribution is 5.76. The lowest BCUT2D eigenvalue weighted by molar-refractivity contribution is -0.143. The molecule has 0 aromatic carbocycles. The fourth-order valence-electron chi connectivity index (χ4n) is 7.99. The van der Waals surface area contributed by atoms with E-state index < -0.39 is 12.1 Å². The van der Waals surface area contributed by atoms with Crippen LogP contribution in [0.2, 0.25) is 0 Å². The van der Waals surface area contributed by atoms with Gasteiger partial charge in [0.05, 0.1) is 25.4 Å². The van der Waals surface area contributed by atoms with Crippen LogP contribution in [0.3, 0.4) is 0 Å². The van der Waals surface area contributed by atoms with Crippen LogP contribution >= 0.6 is 0 Å². The van der Waals surface area contributed by atoms with E-state index in [-0.39, 0.29) is 18.5 Å². The lowest BCUT2D eigenvalue weighted by atomic mass is 10.0. The molecular weight excluding hydrogens is 695 g/mol. The molecule has 0 aromatic rings. The van der Waals surface area contributed by atoms with E-state index in [1.54, 1.807) is 0 Å². The highest BCUT2D eigenvalue weighted by Gasteiger charge is 2.20. The molecule has 56 heavy (non-hydrogen) atoms. The second kappa shape index (κ2) is 46.5. The molecule has 0 aliphatic heterocycles. The molecule has 6 nitrogen and oxygen atoms in total. The first kappa shape index (κ1) is 54.9.